The van der Waals surface area contributed by atoms with Gasteiger partial charge in [0.1, 0.15) is 0 Å². The summed E-state index contributed by atoms with van der Waals surface area (Å²) in [7, 11) is 0. The van der Waals surface area contributed by atoms with Crippen molar-refractivity contribution in [1.82, 2.24) is 0 Å². The molecule has 0 aromatic heterocycles. The molecule has 0 aromatic rings. The Morgan fingerprint density at radius 2 is 1.17 bits per heavy atom. The van der Waals surface area contributed by atoms with E-state index in [2.05, 4.69) is 19.1 Å². The van der Waals surface area contributed by atoms with Crippen molar-refractivity contribution in [2.45, 2.75) is 51.9 Å². The molecule has 7 nitrogen and oxygen atoms in total. The minimum Gasteiger partial charge on any atom is -0.481 e. The van der Waals surface area contributed by atoms with Crippen LogP contribution in [-0.4, -0.2) is 63.9 Å². The number of carboxylic acid groups (broad SMARTS) is 3. The first-order chi connectivity index (χ1) is 11.3. The lowest BCUT2D eigenvalue weighted by molar-refractivity contribution is -0.927. The van der Waals surface area contributed by atoms with Crippen LogP contribution in [0.4, 0.5) is 0 Å². The van der Waals surface area contributed by atoms with Crippen molar-refractivity contribution in [2.24, 2.45) is 0 Å². The summed E-state index contributed by atoms with van der Waals surface area (Å²) in [6, 6.07) is 0. The fraction of sp³-hybridized carbons (Fsp3) is 0.706. The van der Waals surface area contributed by atoms with E-state index in [-0.39, 0.29) is 43.4 Å². The van der Waals surface area contributed by atoms with Gasteiger partial charge in [-0.15, -0.1) is 0 Å². The van der Waals surface area contributed by atoms with Crippen LogP contribution < -0.4 is 0 Å². The van der Waals surface area contributed by atoms with E-state index in [4.69, 9.17) is 15.3 Å². The largest absolute Gasteiger partial charge is 0.481 e. The van der Waals surface area contributed by atoms with Crippen LogP contribution in [0.2, 0.25) is 0 Å². The highest BCUT2D eigenvalue weighted by molar-refractivity contribution is 5.67. The Kier molecular flexibility index (Phi) is 11.5. The molecule has 0 spiro atoms. The Balaban J connectivity index is 4.87. The van der Waals surface area contributed by atoms with Crippen LogP contribution in [0.5, 0.6) is 0 Å². The third kappa shape index (κ3) is 11.6. The molecule has 0 heterocycles. The Morgan fingerprint density at radius 1 is 0.750 bits per heavy atom. The Hall–Kier alpha value is -1.89. The van der Waals surface area contributed by atoms with Crippen molar-refractivity contribution in [3.63, 3.8) is 0 Å². The second-order valence-electron chi connectivity index (χ2n) is 6.07. The average Bonchev–Trinajstić information content (AvgIpc) is 2.51. The van der Waals surface area contributed by atoms with Crippen molar-refractivity contribution in [2.75, 3.05) is 26.2 Å². The molecule has 0 radical (unpaired) electrons. The van der Waals surface area contributed by atoms with Gasteiger partial charge in [0.2, 0.25) is 0 Å². The molecule has 0 atom stereocenters. The smallest absolute Gasteiger partial charge is 0.309 e. The van der Waals surface area contributed by atoms with Gasteiger partial charge in [-0.1, -0.05) is 25.5 Å². The topological polar surface area (TPSA) is 112 Å². The molecular formula is C17H30NO6+. The molecule has 0 aromatic carbocycles. The van der Waals surface area contributed by atoms with Crippen LogP contribution in [0.25, 0.3) is 0 Å². The first-order valence-electron chi connectivity index (χ1n) is 8.47. The number of hydrogen-bond donors (Lipinski definition) is 3. The first-order valence-corrected chi connectivity index (χ1v) is 8.47. The summed E-state index contributed by atoms with van der Waals surface area (Å²) in [5.74, 6) is -2.86. The number of rotatable bonds is 15. The normalized spacial score (nSPS) is 11.7. The molecule has 0 fully saturated rings. The molecule has 0 saturated carbocycles. The van der Waals surface area contributed by atoms with Gasteiger partial charge in [0.15, 0.2) is 0 Å². The average molecular weight is 344 g/mol. The van der Waals surface area contributed by atoms with E-state index >= 15 is 0 Å². The zero-order valence-corrected chi connectivity index (χ0v) is 14.4. The minimum atomic E-state index is -0.953. The van der Waals surface area contributed by atoms with E-state index in [1.807, 2.05) is 0 Å². The van der Waals surface area contributed by atoms with Crippen molar-refractivity contribution in [3.05, 3.63) is 12.2 Å². The summed E-state index contributed by atoms with van der Waals surface area (Å²) >= 11 is 0. The molecule has 7 heteroatoms. The van der Waals surface area contributed by atoms with Crippen LogP contribution in [0.15, 0.2) is 12.2 Å². The van der Waals surface area contributed by atoms with Gasteiger partial charge in [-0.25, -0.2) is 0 Å². The lowest BCUT2D eigenvalue weighted by Crippen LogP contribution is -2.52. The maximum absolute atomic E-state index is 10.9. The van der Waals surface area contributed by atoms with E-state index in [9.17, 15) is 14.4 Å². The highest BCUT2D eigenvalue weighted by Crippen LogP contribution is 2.15. The fourth-order valence-corrected chi connectivity index (χ4v) is 2.62. The van der Waals surface area contributed by atoms with Crippen LogP contribution in [0.1, 0.15) is 51.9 Å². The quantitative estimate of drug-likeness (QED) is 0.239. The molecule has 0 bridgehead atoms. The minimum absolute atomic E-state index is 0.0923. The zero-order valence-electron chi connectivity index (χ0n) is 14.4. The zero-order chi connectivity index (χ0) is 18.4. The van der Waals surface area contributed by atoms with Gasteiger partial charge in [-0.2, -0.15) is 0 Å². The van der Waals surface area contributed by atoms with Crippen molar-refractivity contribution in [1.29, 1.82) is 0 Å². The summed E-state index contributed by atoms with van der Waals surface area (Å²) in [5.41, 5.74) is 0. The van der Waals surface area contributed by atoms with Gasteiger partial charge in [0.05, 0.1) is 45.4 Å². The van der Waals surface area contributed by atoms with E-state index in [1.54, 1.807) is 0 Å². The van der Waals surface area contributed by atoms with Gasteiger partial charge in [-0.3, -0.25) is 14.4 Å². The highest BCUT2D eigenvalue weighted by atomic mass is 16.4. The predicted octanol–water partition coefficient (Wildman–Crippen LogP) is 2.36. The number of nitrogens with zero attached hydrogens (tertiary/aromatic N) is 1. The van der Waals surface area contributed by atoms with Crippen LogP contribution in [-0.2, 0) is 14.4 Å². The standard InChI is InChI=1S/C17H29NO6/c1-2-3-4-5-6-7-11-18(12-8-15(19)20,13-9-16(21)22)14-10-17(23)24/h4-5H,2-3,6-14H2,1H3,(H2-,19,20,21,22,23,24)/p+1/b5-4+. The number of carboxylic acids is 3. The molecule has 3 N–H and O–H groups in total. The summed E-state index contributed by atoms with van der Waals surface area (Å²) < 4.78 is 0.229. The number of hydrogen-bond acceptors (Lipinski definition) is 3. The summed E-state index contributed by atoms with van der Waals surface area (Å²) in [5, 5.41) is 26.8. The lowest BCUT2D eigenvalue weighted by atomic mass is 10.1. The van der Waals surface area contributed by atoms with Crippen LogP contribution in [0, 0.1) is 0 Å². The maximum Gasteiger partial charge on any atom is 0.309 e. The molecule has 138 valence electrons. The molecule has 0 unspecified atom stereocenters. The molecule has 0 aliphatic heterocycles. The second kappa shape index (κ2) is 12.5. The van der Waals surface area contributed by atoms with Gasteiger partial charge < -0.3 is 19.8 Å². The summed E-state index contributed by atoms with van der Waals surface area (Å²) in [6.45, 7) is 3.46. The maximum atomic E-state index is 10.9. The van der Waals surface area contributed by atoms with E-state index < -0.39 is 17.9 Å². The molecule has 0 amide bonds. The van der Waals surface area contributed by atoms with Gasteiger partial charge >= 0.3 is 17.9 Å². The first kappa shape index (κ1) is 22.1. The van der Waals surface area contributed by atoms with Gasteiger partial charge in [-0.05, 0) is 12.8 Å². The number of quaternary nitrogens is 1. The summed E-state index contributed by atoms with van der Waals surface area (Å²) in [6.07, 6.45) is 7.58. The van der Waals surface area contributed by atoms with E-state index in [0.29, 0.717) is 6.54 Å². The van der Waals surface area contributed by atoms with Gasteiger partial charge in [0.25, 0.3) is 0 Å². The number of unbranched alkanes of at least 4 members (excludes halogenated alkanes) is 2. The van der Waals surface area contributed by atoms with Crippen LogP contribution >= 0.6 is 0 Å². The molecule has 0 aliphatic carbocycles. The Bertz CT molecular complexity index is 387. The fourth-order valence-electron chi connectivity index (χ4n) is 2.62. The molecule has 0 saturated heterocycles. The monoisotopic (exact) mass is 344 g/mol. The molecule has 24 heavy (non-hydrogen) atoms. The van der Waals surface area contributed by atoms with Crippen molar-refractivity contribution < 1.29 is 34.2 Å². The Labute approximate surface area is 143 Å². The van der Waals surface area contributed by atoms with Crippen LogP contribution in [0.3, 0.4) is 0 Å². The van der Waals surface area contributed by atoms with Gasteiger partial charge in [0, 0.05) is 6.42 Å². The Morgan fingerprint density at radius 3 is 1.54 bits per heavy atom. The summed E-state index contributed by atoms with van der Waals surface area (Å²) in [4.78, 5) is 32.7. The molecular weight excluding hydrogens is 314 g/mol. The molecule has 0 rings (SSSR count). The van der Waals surface area contributed by atoms with Crippen molar-refractivity contribution in [3.8, 4) is 0 Å². The number of aliphatic carboxylic acids is 3. The van der Waals surface area contributed by atoms with E-state index in [0.717, 1.165) is 25.7 Å². The van der Waals surface area contributed by atoms with E-state index in [1.165, 1.54) is 0 Å². The predicted molar refractivity (Wildman–Crippen MR) is 89.8 cm³/mol. The highest BCUT2D eigenvalue weighted by Gasteiger charge is 2.29. The number of carbonyl (C=O) groups is 3. The molecule has 0 aliphatic rings. The van der Waals surface area contributed by atoms with Crippen molar-refractivity contribution >= 4 is 17.9 Å². The number of allylic oxidation sites excluding steroid dienone is 2. The lowest BCUT2D eigenvalue weighted by Gasteiger charge is -2.38. The third-order valence-corrected chi connectivity index (χ3v) is 4.03. The second-order valence-corrected chi connectivity index (χ2v) is 6.07. The third-order valence-electron chi connectivity index (χ3n) is 4.03. The SMILES string of the molecule is CCC/C=C/CCC[N+](CCC(=O)O)(CCC(=O)O)CCC(=O)O.